The molecule has 0 aliphatic carbocycles. The lowest BCUT2D eigenvalue weighted by Gasteiger charge is -2.11. The van der Waals surface area contributed by atoms with Crippen LogP contribution in [0.2, 0.25) is 0 Å². The maximum Gasteiger partial charge on any atom is 0.296 e. The topological polar surface area (TPSA) is 286 Å². The Labute approximate surface area is 268 Å². The zero-order valence-electron chi connectivity index (χ0n) is 23.2. The van der Waals surface area contributed by atoms with E-state index in [1.54, 1.807) is 0 Å². The van der Waals surface area contributed by atoms with Crippen molar-refractivity contribution in [2.24, 2.45) is 26.2 Å². The highest BCUT2D eigenvalue weighted by molar-refractivity contribution is 7.94. The van der Waals surface area contributed by atoms with Crippen LogP contribution in [0.15, 0.2) is 108 Å². The van der Waals surface area contributed by atoms with Crippen LogP contribution in [-0.4, -0.2) is 42.2 Å². The van der Waals surface area contributed by atoms with Gasteiger partial charge in [0, 0.05) is 21.7 Å². The molecule has 5 aromatic rings. The van der Waals surface area contributed by atoms with Crippen molar-refractivity contribution in [1.29, 1.82) is 0 Å². The van der Waals surface area contributed by atoms with Crippen LogP contribution < -0.4 is 11.5 Å². The molecule has 1 amide bonds. The first-order chi connectivity index (χ1) is 22.2. The van der Waals surface area contributed by atoms with E-state index in [4.69, 9.17) is 16.7 Å². The van der Waals surface area contributed by atoms with Gasteiger partial charge in [-0.1, -0.05) is 11.1 Å². The maximum atomic E-state index is 11.9. The van der Waals surface area contributed by atoms with E-state index in [9.17, 15) is 35.8 Å². The van der Waals surface area contributed by atoms with Crippen LogP contribution in [0.5, 0.6) is 5.75 Å². The van der Waals surface area contributed by atoms with Gasteiger partial charge in [-0.15, -0.1) is 19.7 Å². The minimum atomic E-state index is -4.73. The molecule has 0 radical (unpaired) electrons. The van der Waals surface area contributed by atoms with E-state index < -0.39 is 41.7 Å². The smallest absolute Gasteiger partial charge is 0.296 e. The molecule has 0 spiro atoms. The SMILES string of the molecule is NC(=O)c1ccc(N=Nc2ccc(N=Nc3c(SOOO)cc4cc(S(=O)(=O)O)c(N)cc4c3O)c3cc(S(=O)(=O)O)ccc23)cc1. The largest absolute Gasteiger partial charge is 0.505 e. The molecule has 242 valence electrons. The van der Waals surface area contributed by atoms with Crippen molar-refractivity contribution in [3.8, 4) is 5.75 Å². The van der Waals surface area contributed by atoms with Crippen molar-refractivity contribution in [2.45, 2.75) is 14.7 Å². The Morgan fingerprint density at radius 3 is 2.04 bits per heavy atom. The molecular weight excluding hydrogens is 681 g/mol. The molecule has 5 aromatic carbocycles. The summed E-state index contributed by atoms with van der Waals surface area (Å²) in [4.78, 5) is 10.2. The van der Waals surface area contributed by atoms with E-state index in [0.29, 0.717) is 23.1 Å². The number of fused-ring (bicyclic) bond motifs is 2. The Hall–Kier alpha value is -5.06. The zero-order chi connectivity index (χ0) is 34.1. The summed E-state index contributed by atoms with van der Waals surface area (Å²) in [5.74, 6) is -1.19. The molecule has 47 heavy (non-hydrogen) atoms. The summed E-state index contributed by atoms with van der Waals surface area (Å²) in [6, 6.07) is 15.8. The summed E-state index contributed by atoms with van der Waals surface area (Å²) in [7, 11) is -9.39. The number of anilines is 1. The molecular formula is C27H20N6O11S3. The predicted octanol–water partition coefficient (Wildman–Crippen LogP) is 6.13. The van der Waals surface area contributed by atoms with Crippen molar-refractivity contribution >= 4 is 88.2 Å². The molecule has 0 fully saturated rings. The number of primary amides is 1. The van der Waals surface area contributed by atoms with Crippen molar-refractivity contribution < 1.29 is 50.5 Å². The summed E-state index contributed by atoms with van der Waals surface area (Å²) in [6.07, 6.45) is 0. The van der Waals surface area contributed by atoms with E-state index in [0.717, 1.165) is 24.3 Å². The van der Waals surface area contributed by atoms with Crippen LogP contribution in [0.3, 0.4) is 0 Å². The second kappa shape index (κ2) is 13.0. The fourth-order valence-electron chi connectivity index (χ4n) is 4.36. The number of hydrogen-bond donors (Lipinski definition) is 6. The minimum Gasteiger partial charge on any atom is -0.505 e. The number of phenolic OH excluding ortho intramolecular Hbond substituents is 1. The Balaban J connectivity index is 1.65. The maximum absolute atomic E-state index is 11.9. The summed E-state index contributed by atoms with van der Waals surface area (Å²) < 4.78 is 71.0. The molecule has 0 unspecified atom stereocenters. The van der Waals surface area contributed by atoms with Crippen LogP contribution in [-0.2, 0) is 29.6 Å². The van der Waals surface area contributed by atoms with Crippen molar-refractivity contribution in [1.82, 2.24) is 0 Å². The van der Waals surface area contributed by atoms with E-state index in [-0.39, 0.29) is 49.4 Å². The third-order valence-corrected chi connectivity index (χ3v) is 8.91. The Morgan fingerprint density at radius 1 is 0.766 bits per heavy atom. The van der Waals surface area contributed by atoms with Gasteiger partial charge >= 0.3 is 0 Å². The van der Waals surface area contributed by atoms with E-state index in [1.807, 2.05) is 0 Å². The van der Waals surface area contributed by atoms with Crippen LogP contribution in [0.4, 0.5) is 28.4 Å². The first kappa shape index (κ1) is 33.3. The van der Waals surface area contributed by atoms with Crippen LogP contribution in [0.25, 0.3) is 21.5 Å². The normalized spacial score (nSPS) is 12.5. The van der Waals surface area contributed by atoms with Gasteiger partial charge in [-0.05, 0) is 72.1 Å². The van der Waals surface area contributed by atoms with Crippen molar-refractivity contribution in [3.63, 3.8) is 0 Å². The number of aromatic hydroxyl groups is 1. The van der Waals surface area contributed by atoms with E-state index >= 15 is 0 Å². The lowest BCUT2D eigenvalue weighted by atomic mass is 10.1. The van der Waals surface area contributed by atoms with Crippen LogP contribution >= 0.6 is 12.0 Å². The number of rotatable bonds is 10. The van der Waals surface area contributed by atoms with Crippen LogP contribution in [0, 0.1) is 0 Å². The van der Waals surface area contributed by atoms with Gasteiger partial charge in [0.15, 0.2) is 5.75 Å². The summed E-state index contributed by atoms with van der Waals surface area (Å²) in [5, 5.41) is 40.5. The Morgan fingerprint density at radius 2 is 1.43 bits per heavy atom. The summed E-state index contributed by atoms with van der Waals surface area (Å²) in [5.41, 5.74) is 11.3. The average molecular weight is 701 g/mol. The molecule has 0 saturated heterocycles. The van der Waals surface area contributed by atoms with Crippen molar-refractivity contribution in [3.05, 3.63) is 78.4 Å². The number of hydrogen-bond acceptors (Lipinski definition) is 15. The van der Waals surface area contributed by atoms with E-state index in [1.165, 1.54) is 48.5 Å². The van der Waals surface area contributed by atoms with Gasteiger partial charge in [-0.2, -0.15) is 21.9 Å². The molecule has 5 rings (SSSR count). The van der Waals surface area contributed by atoms with Gasteiger partial charge in [-0.3, -0.25) is 13.9 Å². The molecule has 8 N–H and O–H groups in total. The molecule has 0 aliphatic heterocycles. The average Bonchev–Trinajstić information content (AvgIpc) is 3.01. The zero-order valence-corrected chi connectivity index (χ0v) is 25.7. The van der Waals surface area contributed by atoms with E-state index in [2.05, 4.69) is 29.8 Å². The second-order valence-electron chi connectivity index (χ2n) is 9.48. The lowest BCUT2D eigenvalue weighted by molar-refractivity contribution is -0.432. The van der Waals surface area contributed by atoms with Gasteiger partial charge in [0.2, 0.25) is 5.91 Å². The Kier molecular flexibility index (Phi) is 9.20. The number of carbonyl (C=O) groups excluding carboxylic acids is 1. The molecule has 17 nitrogen and oxygen atoms in total. The van der Waals surface area contributed by atoms with Gasteiger partial charge in [0.05, 0.1) is 44.6 Å². The van der Waals surface area contributed by atoms with Crippen LogP contribution in [0.1, 0.15) is 10.4 Å². The highest BCUT2D eigenvalue weighted by atomic mass is 32.2. The fourth-order valence-corrected chi connectivity index (χ4v) is 6.00. The predicted molar refractivity (Wildman–Crippen MR) is 168 cm³/mol. The standard InChI is InChI=1S/C27H20N6O11S3/c28-20-12-18-14(10-24(20)47(40,41)42)9-23(45-44-43-36)25(26(18)34)33-32-22-8-7-21(17-6-5-16(11-19(17)22)46(37,38)39)31-30-15-3-1-13(2-4-15)27(29)35/h1-12,34,36H,28H2,(H2,29,35)(H,37,38,39)(H,40,41,42). The highest BCUT2D eigenvalue weighted by Crippen LogP contribution is 2.46. The fraction of sp³-hybridized carbons (Fsp3) is 0. The van der Waals surface area contributed by atoms with Gasteiger partial charge in [-0.25, -0.2) is 5.26 Å². The summed E-state index contributed by atoms with van der Waals surface area (Å²) in [6.45, 7) is 0. The first-order valence-corrected chi connectivity index (χ1v) is 16.3. The number of nitrogens with zero attached hydrogens (tertiary/aromatic N) is 4. The third kappa shape index (κ3) is 7.19. The summed E-state index contributed by atoms with van der Waals surface area (Å²) >= 11 is 0.353. The number of phenols is 1. The second-order valence-corrected chi connectivity index (χ2v) is 13.0. The monoisotopic (exact) mass is 700 g/mol. The number of nitrogen functional groups attached to an aromatic ring is 1. The molecule has 0 aromatic heterocycles. The number of carbonyl (C=O) groups is 1. The third-order valence-electron chi connectivity index (χ3n) is 6.54. The highest BCUT2D eigenvalue weighted by Gasteiger charge is 2.21. The molecule has 0 bridgehead atoms. The molecule has 0 saturated carbocycles. The minimum absolute atomic E-state index is 0.00347. The lowest BCUT2D eigenvalue weighted by Crippen LogP contribution is -2.10. The number of benzene rings is 5. The number of amides is 1. The molecule has 20 heteroatoms. The first-order valence-electron chi connectivity index (χ1n) is 12.7. The molecule has 0 aliphatic rings. The quantitative estimate of drug-likeness (QED) is 0.0239. The van der Waals surface area contributed by atoms with Gasteiger partial charge in [0.25, 0.3) is 20.2 Å². The molecule has 0 atom stereocenters. The van der Waals surface area contributed by atoms with Crippen molar-refractivity contribution in [2.75, 3.05) is 5.73 Å². The van der Waals surface area contributed by atoms with Gasteiger partial charge in [0.1, 0.15) is 10.6 Å². The molecule has 0 heterocycles. The number of azo groups is 2. The number of nitrogens with two attached hydrogens (primary N) is 2. The Bertz CT molecular complexity index is 2350. The van der Waals surface area contributed by atoms with Gasteiger partial charge < -0.3 is 16.6 Å².